The van der Waals surface area contributed by atoms with Crippen molar-refractivity contribution in [2.45, 2.75) is 26.3 Å². The lowest BCUT2D eigenvalue weighted by atomic mass is 9.99. The predicted molar refractivity (Wildman–Crippen MR) is 102 cm³/mol. The molecule has 2 aromatic rings. The molecule has 0 aliphatic carbocycles. The predicted octanol–water partition coefficient (Wildman–Crippen LogP) is 1.42. The van der Waals surface area contributed by atoms with Crippen LogP contribution in [0.1, 0.15) is 25.7 Å². The SMILES string of the molecule is CCS(=O)(=O)N1CCC[C@@H](C(=O)NCc2nc(-c3cccc(OC)c3)no2)C1. The summed E-state index contributed by atoms with van der Waals surface area (Å²) in [7, 11) is -1.71. The van der Waals surface area contributed by atoms with Crippen LogP contribution in [0.25, 0.3) is 11.4 Å². The van der Waals surface area contributed by atoms with E-state index in [1.54, 1.807) is 20.1 Å². The van der Waals surface area contributed by atoms with Gasteiger partial charge in [-0.05, 0) is 31.9 Å². The number of nitrogens with zero attached hydrogens (tertiary/aromatic N) is 3. The van der Waals surface area contributed by atoms with Gasteiger partial charge in [-0.15, -0.1) is 0 Å². The summed E-state index contributed by atoms with van der Waals surface area (Å²) < 4.78 is 35.9. The van der Waals surface area contributed by atoms with E-state index in [4.69, 9.17) is 9.26 Å². The van der Waals surface area contributed by atoms with Gasteiger partial charge >= 0.3 is 0 Å². The fraction of sp³-hybridized carbons (Fsp3) is 0.500. The number of ether oxygens (including phenoxy) is 1. The quantitative estimate of drug-likeness (QED) is 0.737. The van der Waals surface area contributed by atoms with Gasteiger partial charge in [0.1, 0.15) is 5.75 Å². The Hall–Kier alpha value is -2.46. The van der Waals surface area contributed by atoms with Gasteiger partial charge in [-0.25, -0.2) is 12.7 Å². The third kappa shape index (κ3) is 4.68. The minimum Gasteiger partial charge on any atom is -0.497 e. The normalized spacial score (nSPS) is 18.0. The third-order valence-corrected chi connectivity index (χ3v) is 6.57. The number of sulfonamides is 1. The van der Waals surface area contributed by atoms with Crippen LogP contribution in [0.2, 0.25) is 0 Å². The Morgan fingerprint density at radius 2 is 2.25 bits per heavy atom. The lowest BCUT2D eigenvalue weighted by Crippen LogP contribution is -2.45. The van der Waals surface area contributed by atoms with Crippen molar-refractivity contribution in [3.05, 3.63) is 30.2 Å². The van der Waals surface area contributed by atoms with E-state index in [-0.39, 0.29) is 36.6 Å². The number of benzene rings is 1. The summed E-state index contributed by atoms with van der Waals surface area (Å²) >= 11 is 0. The van der Waals surface area contributed by atoms with E-state index in [1.165, 1.54) is 4.31 Å². The van der Waals surface area contributed by atoms with Crippen molar-refractivity contribution < 1.29 is 22.5 Å². The number of rotatable bonds is 7. The number of hydrogen-bond acceptors (Lipinski definition) is 7. The number of methoxy groups -OCH3 is 1. The van der Waals surface area contributed by atoms with Crippen molar-refractivity contribution in [3.8, 4) is 17.1 Å². The number of carbonyl (C=O) groups is 1. The average Bonchev–Trinajstić information content (AvgIpc) is 3.21. The van der Waals surface area contributed by atoms with Gasteiger partial charge in [-0.3, -0.25) is 4.79 Å². The minimum atomic E-state index is -3.29. The van der Waals surface area contributed by atoms with Crippen LogP contribution >= 0.6 is 0 Å². The van der Waals surface area contributed by atoms with E-state index in [0.29, 0.717) is 31.0 Å². The molecule has 3 rings (SSSR count). The molecule has 28 heavy (non-hydrogen) atoms. The Kier molecular flexibility index (Phi) is 6.30. The second kappa shape index (κ2) is 8.70. The molecule has 0 saturated carbocycles. The molecule has 10 heteroatoms. The Morgan fingerprint density at radius 1 is 1.43 bits per heavy atom. The molecule has 2 heterocycles. The standard InChI is InChI=1S/C18H24N4O5S/c1-3-28(24,25)22-9-5-7-14(12-22)18(23)19-11-16-20-17(21-27-16)13-6-4-8-15(10-13)26-2/h4,6,8,10,14H,3,5,7,9,11-12H2,1-2H3,(H,19,23)/t14-/m1/s1. The molecule has 1 aromatic carbocycles. The molecule has 1 aromatic heterocycles. The van der Waals surface area contributed by atoms with E-state index in [2.05, 4.69) is 15.5 Å². The first-order valence-electron chi connectivity index (χ1n) is 9.15. The Balaban J connectivity index is 1.58. The molecule has 1 saturated heterocycles. The number of nitrogens with one attached hydrogen (secondary N) is 1. The van der Waals surface area contributed by atoms with Crippen molar-refractivity contribution in [2.75, 3.05) is 26.0 Å². The summed E-state index contributed by atoms with van der Waals surface area (Å²) in [5, 5.41) is 6.69. The third-order valence-electron chi connectivity index (χ3n) is 4.72. The summed E-state index contributed by atoms with van der Waals surface area (Å²) in [5.74, 6) is 0.811. The maximum Gasteiger partial charge on any atom is 0.246 e. The van der Waals surface area contributed by atoms with Gasteiger partial charge in [0.05, 0.1) is 25.3 Å². The molecule has 1 aliphatic rings. The van der Waals surface area contributed by atoms with Gasteiger partial charge in [-0.1, -0.05) is 17.3 Å². The second-order valence-corrected chi connectivity index (χ2v) is 8.82. The van der Waals surface area contributed by atoms with E-state index < -0.39 is 10.0 Å². The molecule has 1 amide bonds. The van der Waals surface area contributed by atoms with E-state index in [0.717, 1.165) is 5.56 Å². The number of carbonyl (C=O) groups excluding carboxylic acids is 1. The van der Waals surface area contributed by atoms with Gasteiger partial charge in [0.2, 0.25) is 27.6 Å². The molecular formula is C18H24N4O5S. The minimum absolute atomic E-state index is 0.0381. The van der Waals surface area contributed by atoms with Crippen LogP contribution in [0.4, 0.5) is 0 Å². The molecule has 0 spiro atoms. The summed E-state index contributed by atoms with van der Waals surface area (Å²) in [6.45, 7) is 2.37. The molecule has 9 nitrogen and oxygen atoms in total. The molecule has 0 bridgehead atoms. The zero-order valence-corrected chi connectivity index (χ0v) is 16.7. The smallest absolute Gasteiger partial charge is 0.246 e. The maximum atomic E-state index is 12.5. The summed E-state index contributed by atoms with van der Waals surface area (Å²) in [6, 6.07) is 7.26. The van der Waals surface area contributed by atoms with E-state index in [9.17, 15) is 13.2 Å². The van der Waals surface area contributed by atoms with E-state index in [1.807, 2.05) is 18.2 Å². The Labute approximate surface area is 164 Å². The molecule has 1 N–H and O–H groups in total. The molecule has 0 radical (unpaired) electrons. The van der Waals surface area contributed by atoms with E-state index >= 15 is 0 Å². The summed E-state index contributed by atoms with van der Waals surface area (Å²) in [4.78, 5) is 16.7. The van der Waals surface area contributed by atoms with Gasteiger partial charge < -0.3 is 14.6 Å². The van der Waals surface area contributed by atoms with Crippen LogP contribution in [0, 0.1) is 5.92 Å². The fourth-order valence-electron chi connectivity index (χ4n) is 3.10. The second-order valence-electron chi connectivity index (χ2n) is 6.56. The van der Waals surface area contributed by atoms with Crippen LogP contribution in [-0.4, -0.2) is 54.7 Å². The van der Waals surface area contributed by atoms with Crippen LogP contribution in [0.15, 0.2) is 28.8 Å². The lowest BCUT2D eigenvalue weighted by molar-refractivity contribution is -0.126. The number of amides is 1. The van der Waals surface area contributed by atoms with Gasteiger partial charge in [-0.2, -0.15) is 4.98 Å². The van der Waals surface area contributed by atoms with Crippen LogP contribution in [0.3, 0.4) is 0 Å². The van der Waals surface area contributed by atoms with Gasteiger partial charge in [0.25, 0.3) is 0 Å². The summed E-state index contributed by atoms with van der Waals surface area (Å²) in [6.07, 6.45) is 1.32. The number of aromatic nitrogens is 2. The van der Waals surface area contributed by atoms with Crippen molar-refractivity contribution in [2.24, 2.45) is 5.92 Å². The van der Waals surface area contributed by atoms with Crippen molar-refractivity contribution in [1.29, 1.82) is 0 Å². The number of piperidine rings is 1. The maximum absolute atomic E-state index is 12.5. The molecule has 1 fully saturated rings. The van der Waals surface area contributed by atoms with Crippen molar-refractivity contribution >= 4 is 15.9 Å². The zero-order chi connectivity index (χ0) is 20.1. The Morgan fingerprint density at radius 3 is 3.00 bits per heavy atom. The van der Waals surface area contributed by atoms with Crippen LogP contribution < -0.4 is 10.1 Å². The van der Waals surface area contributed by atoms with Crippen LogP contribution in [-0.2, 0) is 21.4 Å². The topological polar surface area (TPSA) is 115 Å². The Bertz CT molecular complexity index is 928. The highest BCUT2D eigenvalue weighted by atomic mass is 32.2. The summed E-state index contributed by atoms with van der Waals surface area (Å²) in [5.41, 5.74) is 0.744. The zero-order valence-electron chi connectivity index (χ0n) is 15.9. The monoisotopic (exact) mass is 408 g/mol. The highest BCUT2D eigenvalue weighted by Gasteiger charge is 2.31. The highest BCUT2D eigenvalue weighted by molar-refractivity contribution is 7.89. The molecule has 152 valence electrons. The molecule has 1 atom stereocenters. The molecular weight excluding hydrogens is 384 g/mol. The fourth-order valence-corrected chi connectivity index (χ4v) is 4.28. The van der Waals surface area contributed by atoms with Crippen LogP contribution in [0.5, 0.6) is 5.75 Å². The average molecular weight is 408 g/mol. The molecule has 0 unspecified atom stereocenters. The van der Waals surface area contributed by atoms with Crippen molar-refractivity contribution in [3.63, 3.8) is 0 Å². The lowest BCUT2D eigenvalue weighted by Gasteiger charge is -2.30. The number of hydrogen-bond donors (Lipinski definition) is 1. The van der Waals surface area contributed by atoms with Gasteiger partial charge in [0.15, 0.2) is 0 Å². The van der Waals surface area contributed by atoms with Gasteiger partial charge in [0, 0.05) is 18.7 Å². The van der Waals surface area contributed by atoms with Crippen molar-refractivity contribution in [1.82, 2.24) is 19.8 Å². The largest absolute Gasteiger partial charge is 0.497 e. The molecule has 1 aliphatic heterocycles. The highest BCUT2D eigenvalue weighted by Crippen LogP contribution is 2.22. The first-order chi connectivity index (χ1) is 13.4. The first kappa shape index (κ1) is 20.3. The first-order valence-corrected chi connectivity index (χ1v) is 10.8.